The van der Waals surface area contributed by atoms with Gasteiger partial charge in [-0.05, 0) is 73.2 Å². The SMILES string of the molecule is CCOc1ccc(N(CC(=O)N/N=C\c2ccc(OCC(N)=O)cc2)S(=O)(=O)c2ccccc2)cc1. The minimum Gasteiger partial charge on any atom is -0.494 e. The molecule has 11 heteroatoms. The van der Waals surface area contributed by atoms with Crippen LogP contribution >= 0.6 is 0 Å². The van der Waals surface area contributed by atoms with Crippen LogP contribution in [-0.2, 0) is 19.6 Å². The summed E-state index contributed by atoms with van der Waals surface area (Å²) in [5.41, 5.74) is 8.33. The molecular formula is C25H26N4O6S. The second-order valence-corrected chi connectivity index (χ2v) is 9.23. The first-order valence-electron chi connectivity index (χ1n) is 10.9. The van der Waals surface area contributed by atoms with Gasteiger partial charge in [-0.3, -0.25) is 13.9 Å². The zero-order valence-corrected chi connectivity index (χ0v) is 20.4. The first-order chi connectivity index (χ1) is 17.3. The molecule has 0 aliphatic heterocycles. The lowest BCUT2D eigenvalue weighted by molar-refractivity contribution is -0.120. The third-order valence-electron chi connectivity index (χ3n) is 4.72. The summed E-state index contributed by atoms with van der Waals surface area (Å²) in [7, 11) is -4.03. The number of carbonyl (C=O) groups excluding carboxylic acids is 2. The van der Waals surface area contributed by atoms with Gasteiger partial charge in [-0.25, -0.2) is 13.8 Å². The molecular weight excluding hydrogens is 484 g/mol. The second-order valence-electron chi connectivity index (χ2n) is 7.37. The third-order valence-corrected chi connectivity index (χ3v) is 6.51. The molecule has 188 valence electrons. The molecule has 2 amide bonds. The van der Waals surface area contributed by atoms with Gasteiger partial charge in [0.25, 0.3) is 21.8 Å². The number of hydrogen-bond acceptors (Lipinski definition) is 7. The Kier molecular flexibility index (Phi) is 9.01. The molecule has 0 spiro atoms. The quantitative estimate of drug-likeness (QED) is 0.283. The Morgan fingerprint density at radius 1 is 0.944 bits per heavy atom. The van der Waals surface area contributed by atoms with Crippen LogP contribution in [0.15, 0.2) is 88.9 Å². The maximum Gasteiger partial charge on any atom is 0.264 e. The Bertz CT molecular complexity index is 1290. The number of amides is 2. The molecule has 0 bridgehead atoms. The summed E-state index contributed by atoms with van der Waals surface area (Å²) in [6.07, 6.45) is 1.39. The highest BCUT2D eigenvalue weighted by Gasteiger charge is 2.27. The smallest absolute Gasteiger partial charge is 0.264 e. The molecule has 0 saturated carbocycles. The van der Waals surface area contributed by atoms with Gasteiger partial charge in [-0.2, -0.15) is 5.10 Å². The average molecular weight is 511 g/mol. The minimum absolute atomic E-state index is 0.0498. The van der Waals surface area contributed by atoms with Crippen LogP contribution in [-0.4, -0.2) is 46.2 Å². The number of hydrogen-bond donors (Lipinski definition) is 2. The lowest BCUT2D eigenvalue weighted by Gasteiger charge is -2.24. The van der Waals surface area contributed by atoms with Gasteiger partial charge in [0.15, 0.2) is 6.61 Å². The van der Waals surface area contributed by atoms with Gasteiger partial charge >= 0.3 is 0 Å². The Morgan fingerprint density at radius 2 is 1.56 bits per heavy atom. The number of anilines is 1. The highest BCUT2D eigenvalue weighted by atomic mass is 32.2. The summed E-state index contributed by atoms with van der Waals surface area (Å²) in [6.45, 7) is 1.58. The number of sulfonamides is 1. The second kappa shape index (κ2) is 12.4. The van der Waals surface area contributed by atoms with E-state index in [0.29, 0.717) is 29.4 Å². The Morgan fingerprint density at radius 3 is 2.17 bits per heavy atom. The van der Waals surface area contributed by atoms with Gasteiger partial charge in [0.05, 0.1) is 23.4 Å². The Labute approximate surface area is 209 Å². The van der Waals surface area contributed by atoms with Crippen molar-refractivity contribution in [2.75, 3.05) is 24.1 Å². The van der Waals surface area contributed by atoms with Crippen molar-refractivity contribution < 1.29 is 27.5 Å². The van der Waals surface area contributed by atoms with E-state index in [-0.39, 0.29) is 11.5 Å². The zero-order chi connectivity index (χ0) is 26.0. The molecule has 0 heterocycles. The molecule has 0 saturated heterocycles. The van der Waals surface area contributed by atoms with E-state index < -0.39 is 28.4 Å². The molecule has 0 aliphatic rings. The van der Waals surface area contributed by atoms with Gasteiger partial charge < -0.3 is 15.2 Å². The Balaban J connectivity index is 1.73. The maximum atomic E-state index is 13.3. The molecule has 3 aromatic rings. The van der Waals surface area contributed by atoms with Crippen molar-refractivity contribution in [1.29, 1.82) is 0 Å². The van der Waals surface area contributed by atoms with Crippen molar-refractivity contribution in [2.24, 2.45) is 10.8 Å². The molecule has 3 N–H and O–H groups in total. The van der Waals surface area contributed by atoms with E-state index >= 15 is 0 Å². The molecule has 3 rings (SSSR count). The van der Waals surface area contributed by atoms with E-state index in [4.69, 9.17) is 15.2 Å². The molecule has 3 aromatic carbocycles. The van der Waals surface area contributed by atoms with Crippen LogP contribution in [0.5, 0.6) is 11.5 Å². The molecule has 0 fully saturated rings. The fraction of sp³-hybridized carbons (Fsp3) is 0.160. The van der Waals surface area contributed by atoms with E-state index in [1.165, 1.54) is 18.3 Å². The van der Waals surface area contributed by atoms with Crippen molar-refractivity contribution in [3.8, 4) is 11.5 Å². The molecule has 36 heavy (non-hydrogen) atoms. The van der Waals surface area contributed by atoms with Gasteiger partial charge in [0.1, 0.15) is 18.0 Å². The van der Waals surface area contributed by atoms with Crippen LogP contribution in [0.1, 0.15) is 12.5 Å². The number of carbonyl (C=O) groups is 2. The number of nitrogens with one attached hydrogen (secondary N) is 1. The van der Waals surface area contributed by atoms with E-state index in [2.05, 4.69) is 10.5 Å². The van der Waals surface area contributed by atoms with Crippen LogP contribution in [0, 0.1) is 0 Å². The first-order valence-corrected chi connectivity index (χ1v) is 12.4. The molecule has 10 nitrogen and oxygen atoms in total. The van der Waals surface area contributed by atoms with Gasteiger partial charge in [0.2, 0.25) is 0 Å². The number of hydrazone groups is 1. The highest BCUT2D eigenvalue weighted by molar-refractivity contribution is 7.92. The monoisotopic (exact) mass is 510 g/mol. The predicted octanol–water partition coefficient (Wildman–Crippen LogP) is 2.29. The Hall–Kier alpha value is -4.38. The van der Waals surface area contributed by atoms with Crippen LogP contribution in [0.4, 0.5) is 5.69 Å². The predicted molar refractivity (Wildman–Crippen MR) is 135 cm³/mol. The lowest BCUT2D eigenvalue weighted by atomic mass is 10.2. The van der Waals surface area contributed by atoms with Crippen molar-refractivity contribution in [3.05, 3.63) is 84.4 Å². The topological polar surface area (TPSA) is 140 Å². The number of ether oxygens (including phenoxy) is 2. The van der Waals surface area contributed by atoms with Crippen molar-refractivity contribution in [1.82, 2.24) is 5.43 Å². The van der Waals surface area contributed by atoms with Crippen molar-refractivity contribution >= 4 is 33.7 Å². The van der Waals surface area contributed by atoms with Crippen LogP contribution in [0.25, 0.3) is 0 Å². The summed E-state index contributed by atoms with van der Waals surface area (Å²) < 4.78 is 38.3. The first kappa shape index (κ1) is 26.2. The number of nitrogens with two attached hydrogens (primary N) is 1. The fourth-order valence-electron chi connectivity index (χ4n) is 3.06. The highest BCUT2D eigenvalue weighted by Crippen LogP contribution is 2.25. The average Bonchev–Trinajstić information content (AvgIpc) is 2.88. The van der Waals surface area contributed by atoms with Crippen LogP contribution in [0.2, 0.25) is 0 Å². The number of nitrogens with zero attached hydrogens (tertiary/aromatic N) is 2. The standard InChI is InChI=1S/C25H26N4O6S/c1-2-34-21-14-10-20(11-15-21)29(36(32,33)23-6-4-3-5-7-23)17-25(31)28-27-16-19-8-12-22(13-9-19)35-18-24(26)30/h3-16H,2,17-18H2,1H3,(H2,26,30)(H,28,31)/b27-16-. The van der Waals surface area contributed by atoms with E-state index in [0.717, 1.165) is 4.31 Å². The van der Waals surface area contributed by atoms with Crippen LogP contribution < -0.4 is 24.9 Å². The summed E-state index contributed by atoms with van der Waals surface area (Å²) in [5, 5.41) is 3.90. The van der Waals surface area contributed by atoms with E-state index in [9.17, 15) is 18.0 Å². The normalized spacial score (nSPS) is 11.1. The molecule has 0 aromatic heterocycles. The van der Waals surface area contributed by atoms with Crippen molar-refractivity contribution in [2.45, 2.75) is 11.8 Å². The van der Waals surface area contributed by atoms with Gasteiger partial charge in [0, 0.05) is 0 Å². The largest absolute Gasteiger partial charge is 0.494 e. The lowest BCUT2D eigenvalue weighted by Crippen LogP contribution is -2.39. The number of primary amides is 1. The zero-order valence-electron chi connectivity index (χ0n) is 19.5. The molecule has 0 atom stereocenters. The van der Waals surface area contributed by atoms with E-state index in [1.54, 1.807) is 66.7 Å². The maximum absolute atomic E-state index is 13.3. The van der Waals surface area contributed by atoms with Gasteiger partial charge in [-0.15, -0.1) is 0 Å². The molecule has 0 radical (unpaired) electrons. The summed E-state index contributed by atoms with van der Waals surface area (Å²) >= 11 is 0. The number of rotatable bonds is 12. The fourth-order valence-corrected chi connectivity index (χ4v) is 4.50. The minimum atomic E-state index is -4.03. The third kappa shape index (κ3) is 7.31. The van der Waals surface area contributed by atoms with E-state index in [1.807, 2.05) is 6.92 Å². The number of benzene rings is 3. The van der Waals surface area contributed by atoms with Crippen LogP contribution in [0.3, 0.4) is 0 Å². The summed E-state index contributed by atoms with van der Waals surface area (Å²) in [5.74, 6) is -0.191. The molecule has 0 unspecified atom stereocenters. The van der Waals surface area contributed by atoms with Crippen molar-refractivity contribution in [3.63, 3.8) is 0 Å². The van der Waals surface area contributed by atoms with Gasteiger partial charge in [-0.1, -0.05) is 18.2 Å². The molecule has 0 aliphatic carbocycles. The summed E-state index contributed by atoms with van der Waals surface area (Å²) in [4.78, 5) is 23.5. The summed E-state index contributed by atoms with van der Waals surface area (Å²) in [6, 6.07) is 20.8.